The number of likely N-dealkylation sites (N-methyl/N-ethyl adjacent to an activating group) is 1. The van der Waals surface area contributed by atoms with E-state index in [4.69, 9.17) is 16.3 Å². The number of amides is 2. The first-order valence-corrected chi connectivity index (χ1v) is 14.4. The van der Waals surface area contributed by atoms with Crippen molar-refractivity contribution in [3.05, 3.63) is 94.8 Å². The molecule has 0 unspecified atom stereocenters. The summed E-state index contributed by atoms with van der Waals surface area (Å²) in [5.74, 6) is -1.29. The molecule has 208 valence electrons. The number of halogens is 2. The molecule has 1 N–H and O–H groups in total. The van der Waals surface area contributed by atoms with Crippen LogP contribution in [0.3, 0.4) is 0 Å². The number of carbonyl (C=O) groups excluding carboxylic acids is 2. The van der Waals surface area contributed by atoms with E-state index in [9.17, 15) is 22.4 Å². The topological polar surface area (TPSA) is 96.0 Å². The van der Waals surface area contributed by atoms with Crippen LogP contribution in [0.4, 0.5) is 10.1 Å². The highest BCUT2D eigenvalue weighted by Gasteiger charge is 2.33. The summed E-state index contributed by atoms with van der Waals surface area (Å²) in [6, 6.07) is 18.2. The van der Waals surface area contributed by atoms with E-state index >= 15 is 0 Å². The minimum atomic E-state index is -3.99. The van der Waals surface area contributed by atoms with Crippen LogP contribution in [0.25, 0.3) is 0 Å². The summed E-state index contributed by atoms with van der Waals surface area (Å²) < 4.78 is 45.6. The fraction of sp³-hybridized carbons (Fsp3) is 0.286. The third-order valence-electron chi connectivity index (χ3n) is 5.98. The van der Waals surface area contributed by atoms with Crippen LogP contribution in [0, 0.1) is 5.82 Å². The number of sulfonamides is 1. The fourth-order valence-corrected chi connectivity index (χ4v) is 5.10. The number of benzene rings is 3. The zero-order valence-electron chi connectivity index (χ0n) is 21.9. The zero-order valence-corrected chi connectivity index (χ0v) is 23.5. The van der Waals surface area contributed by atoms with Gasteiger partial charge in [-0.3, -0.25) is 13.9 Å². The van der Waals surface area contributed by atoms with Crippen molar-refractivity contribution in [1.29, 1.82) is 0 Å². The molecule has 0 saturated heterocycles. The molecule has 2 amide bonds. The van der Waals surface area contributed by atoms with Crippen molar-refractivity contribution in [2.45, 2.75) is 25.9 Å². The van der Waals surface area contributed by atoms with Crippen LogP contribution in [0.5, 0.6) is 5.75 Å². The summed E-state index contributed by atoms with van der Waals surface area (Å²) in [6.07, 6.45) is 1.15. The summed E-state index contributed by atoms with van der Waals surface area (Å²) >= 11 is 6.15. The molecule has 0 aliphatic carbocycles. The lowest BCUT2D eigenvalue weighted by Gasteiger charge is -2.33. The molecule has 0 aliphatic rings. The normalized spacial score (nSPS) is 11.9. The van der Waals surface area contributed by atoms with Gasteiger partial charge in [-0.25, -0.2) is 12.8 Å². The molecule has 0 fully saturated rings. The second-order valence-electron chi connectivity index (χ2n) is 8.83. The first-order chi connectivity index (χ1) is 18.5. The van der Waals surface area contributed by atoms with Crippen LogP contribution in [-0.2, 0) is 32.6 Å². The van der Waals surface area contributed by atoms with Gasteiger partial charge in [0.05, 0.1) is 19.1 Å². The Hall–Kier alpha value is -3.63. The van der Waals surface area contributed by atoms with Gasteiger partial charge in [-0.1, -0.05) is 54.1 Å². The molecule has 11 heteroatoms. The summed E-state index contributed by atoms with van der Waals surface area (Å²) in [5.41, 5.74) is 1.46. The molecule has 0 bridgehead atoms. The van der Waals surface area contributed by atoms with E-state index in [1.807, 2.05) is 30.3 Å². The van der Waals surface area contributed by atoms with Crippen LogP contribution >= 0.6 is 11.6 Å². The van der Waals surface area contributed by atoms with Crippen molar-refractivity contribution >= 4 is 39.1 Å². The highest BCUT2D eigenvalue weighted by molar-refractivity contribution is 7.92. The number of anilines is 1. The monoisotopic (exact) mass is 575 g/mol. The first kappa shape index (κ1) is 29.9. The van der Waals surface area contributed by atoms with E-state index in [1.165, 1.54) is 54.5 Å². The Morgan fingerprint density at radius 3 is 2.28 bits per heavy atom. The SMILES string of the molecule is CCNC(=O)[C@@H](Cc1ccccc1)N(Cc1ccc(F)cc1)C(=O)CN(c1cc(Cl)ccc1OC)S(C)(=O)=O. The van der Waals surface area contributed by atoms with Gasteiger partial charge in [-0.05, 0) is 48.4 Å². The number of rotatable bonds is 12. The number of hydrogen-bond donors (Lipinski definition) is 1. The lowest BCUT2D eigenvalue weighted by Crippen LogP contribution is -2.53. The maximum atomic E-state index is 14.0. The van der Waals surface area contributed by atoms with E-state index in [0.29, 0.717) is 12.1 Å². The average molecular weight is 576 g/mol. The van der Waals surface area contributed by atoms with Crippen molar-refractivity contribution in [2.24, 2.45) is 0 Å². The summed E-state index contributed by atoms with van der Waals surface area (Å²) in [6.45, 7) is 1.41. The Labute approximate surface area is 233 Å². The van der Waals surface area contributed by atoms with Gasteiger partial charge in [0, 0.05) is 24.5 Å². The van der Waals surface area contributed by atoms with E-state index < -0.39 is 40.2 Å². The van der Waals surface area contributed by atoms with Crippen molar-refractivity contribution in [2.75, 3.05) is 30.8 Å². The maximum Gasteiger partial charge on any atom is 0.244 e. The summed E-state index contributed by atoms with van der Waals surface area (Å²) in [4.78, 5) is 28.6. The number of ether oxygens (including phenoxy) is 1. The molecule has 3 rings (SSSR count). The van der Waals surface area contributed by atoms with Gasteiger partial charge in [-0.15, -0.1) is 0 Å². The molecule has 3 aromatic carbocycles. The fourth-order valence-electron chi connectivity index (χ4n) is 4.09. The number of methoxy groups -OCH3 is 1. The van der Waals surface area contributed by atoms with Gasteiger partial charge in [0.1, 0.15) is 24.2 Å². The van der Waals surface area contributed by atoms with Crippen molar-refractivity contribution < 1.29 is 27.1 Å². The predicted molar refractivity (Wildman–Crippen MR) is 150 cm³/mol. The van der Waals surface area contributed by atoms with Gasteiger partial charge in [0.15, 0.2) is 0 Å². The number of hydrogen-bond acceptors (Lipinski definition) is 5. The molecule has 0 heterocycles. The Morgan fingerprint density at radius 1 is 1.03 bits per heavy atom. The Balaban J connectivity index is 2.07. The average Bonchev–Trinajstić information content (AvgIpc) is 2.90. The summed E-state index contributed by atoms with van der Waals surface area (Å²) in [7, 11) is -2.62. The van der Waals surface area contributed by atoms with Crippen LogP contribution in [0.2, 0.25) is 5.02 Å². The molecule has 3 aromatic rings. The lowest BCUT2D eigenvalue weighted by molar-refractivity contribution is -0.140. The highest BCUT2D eigenvalue weighted by atomic mass is 35.5. The Kier molecular flexibility index (Phi) is 10.3. The molecule has 8 nitrogen and oxygen atoms in total. The largest absolute Gasteiger partial charge is 0.495 e. The van der Waals surface area contributed by atoms with Gasteiger partial charge < -0.3 is 15.0 Å². The van der Waals surface area contributed by atoms with Gasteiger partial charge in [-0.2, -0.15) is 0 Å². The molecule has 0 radical (unpaired) electrons. The maximum absolute atomic E-state index is 14.0. The zero-order chi connectivity index (χ0) is 28.6. The van der Waals surface area contributed by atoms with E-state index in [0.717, 1.165) is 16.1 Å². The molecular formula is C28H31ClFN3O5S. The second kappa shape index (κ2) is 13.4. The van der Waals surface area contributed by atoms with E-state index in [1.54, 1.807) is 6.92 Å². The van der Waals surface area contributed by atoms with Gasteiger partial charge >= 0.3 is 0 Å². The van der Waals surface area contributed by atoms with Crippen LogP contribution in [0.15, 0.2) is 72.8 Å². The lowest BCUT2D eigenvalue weighted by atomic mass is 10.0. The minimum Gasteiger partial charge on any atom is -0.495 e. The molecule has 1 atom stereocenters. The highest BCUT2D eigenvalue weighted by Crippen LogP contribution is 2.33. The minimum absolute atomic E-state index is 0.0575. The number of carbonyl (C=O) groups is 2. The molecule has 0 saturated carbocycles. The third-order valence-corrected chi connectivity index (χ3v) is 7.34. The standard InChI is InChI=1S/C28H31ClFN3O5S/c1-4-31-28(35)25(16-20-8-6-5-7-9-20)32(18-21-10-13-23(30)14-11-21)27(34)19-33(39(3,36)37)24-17-22(29)12-15-26(24)38-2/h5-15,17,25H,4,16,18-19H2,1-3H3,(H,31,35)/t25-/m1/s1. The molecule has 0 spiro atoms. The van der Waals surface area contributed by atoms with Crippen LogP contribution in [0.1, 0.15) is 18.1 Å². The quantitative estimate of drug-likeness (QED) is 0.352. The van der Waals surface area contributed by atoms with Gasteiger partial charge in [0.2, 0.25) is 21.8 Å². The van der Waals surface area contributed by atoms with E-state index in [2.05, 4.69) is 5.32 Å². The van der Waals surface area contributed by atoms with Crippen LogP contribution in [-0.4, -0.2) is 57.6 Å². The van der Waals surface area contributed by atoms with Gasteiger partial charge in [0.25, 0.3) is 0 Å². The molecule has 0 aromatic heterocycles. The third kappa shape index (κ3) is 8.18. The van der Waals surface area contributed by atoms with E-state index in [-0.39, 0.29) is 29.4 Å². The molecular weight excluding hydrogens is 545 g/mol. The number of nitrogens with zero attached hydrogens (tertiary/aromatic N) is 2. The molecule has 0 aliphatic heterocycles. The second-order valence-corrected chi connectivity index (χ2v) is 11.2. The predicted octanol–water partition coefficient (Wildman–Crippen LogP) is 4.03. The first-order valence-electron chi connectivity index (χ1n) is 12.2. The number of nitrogens with one attached hydrogen (secondary N) is 1. The van der Waals surface area contributed by atoms with Crippen molar-refractivity contribution in [3.63, 3.8) is 0 Å². The van der Waals surface area contributed by atoms with Crippen LogP contribution < -0.4 is 14.4 Å². The molecule has 39 heavy (non-hydrogen) atoms. The Morgan fingerprint density at radius 2 is 1.69 bits per heavy atom. The summed E-state index contributed by atoms with van der Waals surface area (Å²) in [5, 5.41) is 3.02. The van der Waals surface area contributed by atoms with Crippen molar-refractivity contribution in [3.8, 4) is 5.75 Å². The Bertz CT molecular complexity index is 1390. The van der Waals surface area contributed by atoms with Crippen molar-refractivity contribution in [1.82, 2.24) is 10.2 Å². The smallest absolute Gasteiger partial charge is 0.244 e.